The third-order valence-electron chi connectivity index (χ3n) is 1.83. The topological polar surface area (TPSA) is 34.9 Å². The van der Waals surface area contributed by atoms with E-state index in [-0.39, 0.29) is 10.7 Å². The summed E-state index contributed by atoms with van der Waals surface area (Å²) in [5, 5.41) is 0.221. The minimum atomic E-state index is -0.114. The van der Waals surface area contributed by atoms with Crippen LogP contribution in [0.1, 0.15) is 13.3 Å². The lowest BCUT2D eigenvalue weighted by molar-refractivity contribution is 0.641. The molecule has 15 heavy (non-hydrogen) atoms. The molecule has 0 aromatic carbocycles. The largest absolute Gasteiger partial charge is 0.298 e. The highest BCUT2D eigenvalue weighted by atomic mass is 79.9. The molecule has 1 heterocycles. The van der Waals surface area contributed by atoms with Gasteiger partial charge in [0.1, 0.15) is 4.47 Å². The van der Waals surface area contributed by atoms with Crippen LogP contribution in [0.4, 0.5) is 0 Å². The van der Waals surface area contributed by atoms with Gasteiger partial charge in [-0.2, -0.15) is 11.8 Å². The Bertz CT molecular complexity index is 383. The van der Waals surface area contributed by atoms with Crippen LogP contribution >= 0.6 is 39.3 Å². The smallest absolute Gasteiger partial charge is 0.269 e. The third-order valence-corrected chi connectivity index (χ3v) is 4.05. The van der Waals surface area contributed by atoms with E-state index < -0.39 is 0 Å². The number of thioether (sulfide) groups is 1. The third kappa shape index (κ3) is 3.81. The molecule has 0 saturated heterocycles. The molecule has 0 radical (unpaired) electrons. The molecule has 6 heteroatoms. The number of hydrogen-bond acceptors (Lipinski definition) is 3. The lowest BCUT2D eigenvalue weighted by atomic mass is 10.4. The second-order valence-corrected chi connectivity index (χ2v) is 5.44. The maximum atomic E-state index is 11.6. The van der Waals surface area contributed by atoms with Gasteiger partial charge in [0.05, 0.1) is 6.33 Å². The van der Waals surface area contributed by atoms with Gasteiger partial charge >= 0.3 is 0 Å². The van der Waals surface area contributed by atoms with Crippen molar-refractivity contribution in [3.63, 3.8) is 0 Å². The molecule has 0 N–H and O–H groups in total. The molecule has 0 fully saturated rings. The van der Waals surface area contributed by atoms with Crippen LogP contribution < -0.4 is 5.56 Å². The SMILES string of the molecule is CCSCCCn1cnc(Cl)c(Br)c1=O. The quantitative estimate of drug-likeness (QED) is 0.619. The molecule has 1 aromatic rings. The van der Waals surface area contributed by atoms with Crippen LogP contribution in [0.3, 0.4) is 0 Å². The van der Waals surface area contributed by atoms with Crippen LogP contribution in [0.5, 0.6) is 0 Å². The summed E-state index contributed by atoms with van der Waals surface area (Å²) in [6, 6.07) is 0. The van der Waals surface area contributed by atoms with Crippen molar-refractivity contribution < 1.29 is 0 Å². The lowest BCUT2D eigenvalue weighted by Gasteiger charge is -2.05. The summed E-state index contributed by atoms with van der Waals surface area (Å²) < 4.78 is 1.92. The van der Waals surface area contributed by atoms with Gasteiger partial charge in [0.15, 0.2) is 5.15 Å². The minimum absolute atomic E-state index is 0.114. The highest BCUT2D eigenvalue weighted by Gasteiger charge is 2.05. The van der Waals surface area contributed by atoms with Crippen LogP contribution in [0, 0.1) is 0 Å². The van der Waals surface area contributed by atoms with Crippen LogP contribution in [0.2, 0.25) is 5.15 Å². The first-order valence-electron chi connectivity index (χ1n) is 4.65. The van der Waals surface area contributed by atoms with Crippen molar-refractivity contribution >= 4 is 39.3 Å². The molecule has 0 spiro atoms. The summed E-state index contributed by atoms with van der Waals surface area (Å²) >= 11 is 10.7. The van der Waals surface area contributed by atoms with Gasteiger partial charge in [-0.25, -0.2) is 4.98 Å². The van der Waals surface area contributed by atoms with Crippen LogP contribution in [0.15, 0.2) is 15.6 Å². The number of halogens is 2. The van der Waals surface area contributed by atoms with Crippen LogP contribution in [-0.2, 0) is 6.54 Å². The van der Waals surface area contributed by atoms with Gasteiger partial charge in [-0.3, -0.25) is 9.36 Å². The van der Waals surface area contributed by atoms with Crippen molar-refractivity contribution in [2.75, 3.05) is 11.5 Å². The monoisotopic (exact) mass is 310 g/mol. The Labute approximate surface area is 106 Å². The van der Waals surface area contributed by atoms with Crippen molar-refractivity contribution in [2.24, 2.45) is 0 Å². The standard InChI is InChI=1S/C9H12BrClN2OS/c1-2-15-5-3-4-13-6-12-8(11)7(10)9(13)14/h6H,2-5H2,1H3. The zero-order chi connectivity index (χ0) is 11.3. The van der Waals surface area contributed by atoms with E-state index in [1.54, 1.807) is 4.57 Å². The average Bonchev–Trinajstić information content (AvgIpc) is 2.24. The molecule has 0 atom stereocenters. The Balaban J connectivity index is 2.63. The van der Waals surface area contributed by atoms with E-state index >= 15 is 0 Å². The average molecular weight is 312 g/mol. The van der Waals surface area contributed by atoms with E-state index in [4.69, 9.17) is 11.6 Å². The number of hydrogen-bond donors (Lipinski definition) is 0. The lowest BCUT2D eigenvalue weighted by Crippen LogP contribution is -2.21. The summed E-state index contributed by atoms with van der Waals surface area (Å²) in [6.45, 7) is 2.81. The van der Waals surface area contributed by atoms with E-state index in [2.05, 4.69) is 27.8 Å². The van der Waals surface area contributed by atoms with Gasteiger partial charge in [-0.1, -0.05) is 18.5 Å². The molecular formula is C9H12BrClN2OS. The summed E-state index contributed by atoms with van der Waals surface area (Å²) in [5.41, 5.74) is -0.114. The second kappa shape index (κ2) is 6.55. The second-order valence-electron chi connectivity index (χ2n) is 2.90. The Morgan fingerprint density at radius 1 is 1.67 bits per heavy atom. The minimum Gasteiger partial charge on any atom is -0.298 e. The van der Waals surface area contributed by atoms with Gasteiger partial charge < -0.3 is 0 Å². The molecule has 0 amide bonds. The van der Waals surface area contributed by atoms with Gasteiger partial charge in [0, 0.05) is 6.54 Å². The molecule has 1 aromatic heterocycles. The molecule has 84 valence electrons. The van der Waals surface area contributed by atoms with E-state index in [9.17, 15) is 4.79 Å². The highest BCUT2D eigenvalue weighted by molar-refractivity contribution is 9.10. The predicted octanol–water partition coefficient (Wildman–Crippen LogP) is 2.80. The van der Waals surface area contributed by atoms with Crippen molar-refractivity contribution in [3.05, 3.63) is 26.3 Å². The molecule has 0 saturated carbocycles. The maximum absolute atomic E-state index is 11.6. The number of aryl methyl sites for hydroxylation is 1. The van der Waals surface area contributed by atoms with E-state index in [1.165, 1.54) is 6.33 Å². The Morgan fingerprint density at radius 3 is 3.07 bits per heavy atom. The molecule has 0 unspecified atom stereocenters. The van der Waals surface area contributed by atoms with Gasteiger partial charge in [0.2, 0.25) is 0 Å². The van der Waals surface area contributed by atoms with E-state index in [0.717, 1.165) is 17.9 Å². The summed E-state index contributed by atoms with van der Waals surface area (Å²) in [7, 11) is 0. The fourth-order valence-electron chi connectivity index (χ4n) is 1.08. The molecular weight excluding hydrogens is 300 g/mol. The Hall–Kier alpha value is -0.000000000000000111. The first-order chi connectivity index (χ1) is 7.16. The molecule has 1 rings (SSSR count). The van der Waals surface area contributed by atoms with Crippen LogP contribution in [-0.4, -0.2) is 21.1 Å². The van der Waals surface area contributed by atoms with E-state index in [1.807, 2.05) is 11.8 Å². The first-order valence-corrected chi connectivity index (χ1v) is 6.97. The molecule has 0 aliphatic carbocycles. The fourth-order valence-corrected chi connectivity index (χ4v) is 2.16. The summed E-state index contributed by atoms with van der Waals surface area (Å²) in [6.07, 6.45) is 2.46. The molecule has 3 nitrogen and oxygen atoms in total. The molecule has 0 bridgehead atoms. The maximum Gasteiger partial charge on any atom is 0.269 e. The highest BCUT2D eigenvalue weighted by Crippen LogP contribution is 2.13. The summed E-state index contributed by atoms with van der Waals surface area (Å²) in [4.78, 5) is 15.6. The van der Waals surface area contributed by atoms with Crippen molar-refractivity contribution in [2.45, 2.75) is 19.9 Å². The van der Waals surface area contributed by atoms with Crippen molar-refractivity contribution in [1.82, 2.24) is 9.55 Å². The van der Waals surface area contributed by atoms with Crippen molar-refractivity contribution in [1.29, 1.82) is 0 Å². The van der Waals surface area contributed by atoms with Gasteiger partial charge in [-0.15, -0.1) is 0 Å². The Morgan fingerprint density at radius 2 is 2.40 bits per heavy atom. The number of aromatic nitrogens is 2. The van der Waals surface area contributed by atoms with E-state index in [0.29, 0.717) is 11.0 Å². The molecule has 0 aliphatic heterocycles. The first kappa shape index (κ1) is 13.1. The van der Waals surface area contributed by atoms with Gasteiger partial charge in [-0.05, 0) is 33.9 Å². The number of nitrogens with zero attached hydrogens (tertiary/aromatic N) is 2. The molecule has 0 aliphatic rings. The summed E-state index contributed by atoms with van der Waals surface area (Å²) in [5.74, 6) is 2.17. The fraction of sp³-hybridized carbons (Fsp3) is 0.556. The zero-order valence-corrected chi connectivity index (χ0v) is 11.5. The normalized spacial score (nSPS) is 10.6. The predicted molar refractivity (Wildman–Crippen MR) is 68.8 cm³/mol. The zero-order valence-electron chi connectivity index (χ0n) is 8.37. The van der Waals surface area contributed by atoms with Crippen LogP contribution in [0.25, 0.3) is 0 Å². The van der Waals surface area contributed by atoms with Crippen molar-refractivity contribution in [3.8, 4) is 0 Å². The number of rotatable bonds is 5. The van der Waals surface area contributed by atoms with Gasteiger partial charge in [0.25, 0.3) is 5.56 Å². The Kier molecular flexibility index (Phi) is 5.71.